The summed E-state index contributed by atoms with van der Waals surface area (Å²) in [4.78, 5) is 21.1. The van der Waals surface area contributed by atoms with Crippen LogP contribution in [0.1, 0.15) is 15.9 Å². The summed E-state index contributed by atoms with van der Waals surface area (Å²) in [6.07, 6.45) is 1.82. The lowest BCUT2D eigenvalue weighted by molar-refractivity contribution is 0.0920. The molecule has 1 saturated heterocycles. The van der Waals surface area contributed by atoms with Gasteiger partial charge in [-0.25, -0.2) is 4.98 Å². The number of carbonyl (C=O) groups excluding carboxylic acids is 1. The van der Waals surface area contributed by atoms with E-state index in [-0.39, 0.29) is 5.91 Å². The molecule has 5 nitrogen and oxygen atoms in total. The maximum Gasteiger partial charge on any atom is 0.252 e. The van der Waals surface area contributed by atoms with Gasteiger partial charge >= 0.3 is 0 Å². The number of nitrogens with one attached hydrogen (secondary N) is 1. The lowest BCUT2D eigenvalue weighted by Crippen LogP contribution is -2.50. The number of carbonyl (C=O) groups is 1. The SMILES string of the molecule is Cc1cccc(C(=O)NCN2CCN(c3ccccn3)CC2)c1. The minimum Gasteiger partial charge on any atom is -0.354 e. The van der Waals surface area contributed by atoms with Gasteiger partial charge in [0.1, 0.15) is 5.82 Å². The molecule has 0 unspecified atom stereocenters. The quantitative estimate of drug-likeness (QED) is 0.937. The van der Waals surface area contributed by atoms with Gasteiger partial charge in [0.05, 0.1) is 6.67 Å². The van der Waals surface area contributed by atoms with Crippen LogP contribution in [-0.2, 0) is 0 Å². The lowest BCUT2D eigenvalue weighted by atomic mass is 10.1. The summed E-state index contributed by atoms with van der Waals surface area (Å²) >= 11 is 0. The summed E-state index contributed by atoms with van der Waals surface area (Å²) in [5, 5.41) is 3.00. The topological polar surface area (TPSA) is 48.5 Å². The number of amides is 1. The summed E-state index contributed by atoms with van der Waals surface area (Å²) in [6.45, 7) is 6.28. The predicted molar refractivity (Wildman–Crippen MR) is 91.5 cm³/mol. The molecule has 0 aliphatic carbocycles. The second-order valence-corrected chi connectivity index (χ2v) is 5.83. The van der Waals surface area contributed by atoms with Crippen LogP contribution in [0.3, 0.4) is 0 Å². The third kappa shape index (κ3) is 4.07. The van der Waals surface area contributed by atoms with E-state index in [1.165, 1.54) is 0 Å². The second-order valence-electron chi connectivity index (χ2n) is 5.83. The van der Waals surface area contributed by atoms with Gasteiger partial charge in [-0.2, -0.15) is 0 Å². The molecule has 1 N–H and O–H groups in total. The number of aromatic nitrogens is 1. The summed E-state index contributed by atoms with van der Waals surface area (Å²) < 4.78 is 0. The van der Waals surface area contributed by atoms with Crippen molar-refractivity contribution < 1.29 is 4.79 Å². The Morgan fingerprint density at radius 3 is 2.65 bits per heavy atom. The van der Waals surface area contributed by atoms with Gasteiger partial charge in [0, 0.05) is 37.9 Å². The first-order chi connectivity index (χ1) is 11.2. The van der Waals surface area contributed by atoms with E-state index in [9.17, 15) is 4.79 Å². The van der Waals surface area contributed by atoms with Crippen LogP contribution in [0.4, 0.5) is 5.82 Å². The van der Waals surface area contributed by atoms with E-state index in [4.69, 9.17) is 0 Å². The molecule has 1 aliphatic heterocycles. The Kier molecular flexibility index (Phi) is 4.88. The molecule has 0 radical (unpaired) electrons. The number of anilines is 1. The van der Waals surface area contributed by atoms with Crippen LogP contribution in [0.5, 0.6) is 0 Å². The van der Waals surface area contributed by atoms with Gasteiger partial charge in [0.15, 0.2) is 0 Å². The van der Waals surface area contributed by atoms with Gasteiger partial charge in [-0.3, -0.25) is 9.69 Å². The molecule has 0 saturated carbocycles. The highest BCUT2D eigenvalue weighted by molar-refractivity contribution is 5.94. The Hall–Kier alpha value is -2.40. The average molecular weight is 310 g/mol. The molecule has 0 atom stereocenters. The number of hydrogen-bond acceptors (Lipinski definition) is 4. The Labute approximate surface area is 136 Å². The van der Waals surface area contributed by atoms with E-state index in [1.54, 1.807) is 0 Å². The van der Waals surface area contributed by atoms with E-state index in [0.29, 0.717) is 6.67 Å². The van der Waals surface area contributed by atoms with Crippen molar-refractivity contribution in [2.75, 3.05) is 37.7 Å². The molecule has 3 rings (SSSR count). The van der Waals surface area contributed by atoms with Gasteiger partial charge in [0.2, 0.25) is 0 Å². The molecule has 1 amide bonds. The minimum absolute atomic E-state index is 0.0131. The van der Waals surface area contributed by atoms with Crippen molar-refractivity contribution in [3.05, 3.63) is 59.8 Å². The summed E-state index contributed by atoms with van der Waals surface area (Å²) in [6, 6.07) is 13.6. The van der Waals surface area contributed by atoms with Crippen LogP contribution < -0.4 is 10.2 Å². The van der Waals surface area contributed by atoms with Gasteiger partial charge in [-0.1, -0.05) is 23.8 Å². The highest BCUT2D eigenvalue weighted by Crippen LogP contribution is 2.12. The van der Waals surface area contributed by atoms with Crippen molar-refractivity contribution >= 4 is 11.7 Å². The molecule has 23 heavy (non-hydrogen) atoms. The van der Waals surface area contributed by atoms with Crippen LogP contribution >= 0.6 is 0 Å². The molecular formula is C18H22N4O. The fourth-order valence-corrected chi connectivity index (χ4v) is 2.75. The number of nitrogens with zero attached hydrogens (tertiary/aromatic N) is 3. The van der Waals surface area contributed by atoms with Gasteiger partial charge in [0.25, 0.3) is 5.91 Å². The number of benzene rings is 1. The number of pyridine rings is 1. The van der Waals surface area contributed by atoms with Crippen LogP contribution in [0.2, 0.25) is 0 Å². The third-order valence-corrected chi connectivity index (χ3v) is 4.09. The van der Waals surface area contributed by atoms with Crippen molar-refractivity contribution in [3.8, 4) is 0 Å². The molecule has 0 spiro atoms. The van der Waals surface area contributed by atoms with E-state index in [2.05, 4.69) is 20.1 Å². The van der Waals surface area contributed by atoms with Crippen molar-refractivity contribution in [1.82, 2.24) is 15.2 Å². The molecular weight excluding hydrogens is 288 g/mol. The first kappa shape index (κ1) is 15.5. The number of piperazine rings is 1. The largest absolute Gasteiger partial charge is 0.354 e. The summed E-state index contributed by atoms with van der Waals surface area (Å²) in [5.74, 6) is 1.01. The van der Waals surface area contributed by atoms with Crippen LogP contribution in [0.25, 0.3) is 0 Å². The monoisotopic (exact) mass is 310 g/mol. The van der Waals surface area contributed by atoms with Gasteiger partial charge in [-0.05, 0) is 31.2 Å². The number of aryl methyl sites for hydroxylation is 1. The van der Waals surface area contributed by atoms with Crippen LogP contribution in [0, 0.1) is 6.92 Å². The first-order valence-corrected chi connectivity index (χ1v) is 7.95. The number of hydrogen-bond donors (Lipinski definition) is 1. The van der Waals surface area contributed by atoms with E-state index in [1.807, 2.05) is 55.6 Å². The zero-order chi connectivity index (χ0) is 16.1. The van der Waals surface area contributed by atoms with E-state index >= 15 is 0 Å². The zero-order valence-electron chi connectivity index (χ0n) is 13.4. The van der Waals surface area contributed by atoms with E-state index < -0.39 is 0 Å². The molecule has 120 valence electrons. The zero-order valence-corrected chi connectivity index (χ0v) is 13.4. The highest BCUT2D eigenvalue weighted by atomic mass is 16.1. The van der Waals surface area contributed by atoms with Crippen molar-refractivity contribution in [2.45, 2.75) is 6.92 Å². The van der Waals surface area contributed by atoms with E-state index in [0.717, 1.165) is 43.1 Å². The van der Waals surface area contributed by atoms with Gasteiger partial charge < -0.3 is 10.2 Å². The normalized spacial score (nSPS) is 15.4. The minimum atomic E-state index is -0.0131. The van der Waals surface area contributed by atoms with Gasteiger partial charge in [-0.15, -0.1) is 0 Å². The standard InChI is InChI=1S/C18H22N4O/c1-15-5-4-6-16(13-15)18(23)20-14-21-9-11-22(12-10-21)17-7-2-3-8-19-17/h2-8,13H,9-12,14H2,1H3,(H,20,23). The van der Waals surface area contributed by atoms with Crippen molar-refractivity contribution in [2.24, 2.45) is 0 Å². The Balaban J connectivity index is 1.47. The predicted octanol–water partition coefficient (Wildman–Crippen LogP) is 1.90. The molecule has 1 aromatic heterocycles. The molecule has 2 aromatic rings. The first-order valence-electron chi connectivity index (χ1n) is 7.95. The fourth-order valence-electron chi connectivity index (χ4n) is 2.75. The molecule has 2 heterocycles. The third-order valence-electron chi connectivity index (χ3n) is 4.09. The Bertz CT molecular complexity index is 651. The summed E-state index contributed by atoms with van der Waals surface area (Å²) in [5.41, 5.74) is 1.82. The molecule has 1 aliphatic rings. The molecule has 1 fully saturated rings. The average Bonchev–Trinajstić information content (AvgIpc) is 2.61. The number of rotatable bonds is 4. The smallest absolute Gasteiger partial charge is 0.252 e. The lowest BCUT2D eigenvalue weighted by Gasteiger charge is -2.35. The van der Waals surface area contributed by atoms with Crippen molar-refractivity contribution in [3.63, 3.8) is 0 Å². The highest BCUT2D eigenvalue weighted by Gasteiger charge is 2.18. The maximum atomic E-state index is 12.2. The Morgan fingerprint density at radius 1 is 1.13 bits per heavy atom. The second kappa shape index (κ2) is 7.24. The fraction of sp³-hybridized carbons (Fsp3) is 0.333. The summed E-state index contributed by atoms with van der Waals surface area (Å²) in [7, 11) is 0. The molecule has 1 aromatic carbocycles. The molecule has 5 heteroatoms. The maximum absolute atomic E-state index is 12.2. The van der Waals surface area contributed by atoms with Crippen LogP contribution in [0.15, 0.2) is 48.7 Å². The molecule has 0 bridgehead atoms. The van der Waals surface area contributed by atoms with Crippen molar-refractivity contribution in [1.29, 1.82) is 0 Å². The Morgan fingerprint density at radius 2 is 1.96 bits per heavy atom. The van der Waals surface area contributed by atoms with Crippen LogP contribution in [-0.4, -0.2) is 48.6 Å².